The Bertz CT molecular complexity index is 1120. The molecule has 3 aromatic rings. The van der Waals surface area contributed by atoms with Crippen molar-refractivity contribution >= 4 is 0 Å². The third kappa shape index (κ3) is 6.56. The van der Waals surface area contributed by atoms with E-state index in [4.69, 9.17) is 14.2 Å². The number of allylic oxidation sites excluding steroid dienone is 1. The Morgan fingerprint density at radius 2 is 1.57 bits per heavy atom. The number of halogens is 2. The molecular formula is C30H32F2O3. The van der Waals surface area contributed by atoms with Gasteiger partial charge < -0.3 is 14.2 Å². The Kier molecular flexibility index (Phi) is 8.67. The van der Waals surface area contributed by atoms with E-state index in [1.165, 1.54) is 23.8 Å². The van der Waals surface area contributed by atoms with Crippen molar-refractivity contribution in [3.05, 3.63) is 90.5 Å². The molecule has 35 heavy (non-hydrogen) atoms. The van der Waals surface area contributed by atoms with Crippen molar-refractivity contribution in [2.45, 2.75) is 38.9 Å². The SMILES string of the molecule is C=CCCC1COC(CCc2ccc(-c3ccc(-c4ccc(OCC)c(F)c4)c(F)c3)cc2)OC1. The van der Waals surface area contributed by atoms with Crippen LogP contribution in [0.4, 0.5) is 8.78 Å². The standard InChI is InChI=1S/C30H32F2O3/c1-3-5-6-22-19-34-30(35-20-22)16-9-21-7-10-23(11-8-21)24-12-14-26(27(31)17-24)25-13-15-29(33-4-2)28(32)18-25/h3,7-8,10-15,17-18,22,30H,1,4-6,9,16,19-20H2,2H3. The minimum atomic E-state index is -0.500. The molecule has 1 aliphatic rings. The highest BCUT2D eigenvalue weighted by Crippen LogP contribution is 2.31. The zero-order valence-corrected chi connectivity index (χ0v) is 20.1. The number of aryl methyl sites for hydroxylation is 1. The summed E-state index contributed by atoms with van der Waals surface area (Å²) in [4.78, 5) is 0. The molecule has 3 nitrogen and oxygen atoms in total. The minimum Gasteiger partial charge on any atom is -0.491 e. The number of rotatable bonds is 10. The quantitative estimate of drug-likeness (QED) is 0.281. The maximum Gasteiger partial charge on any atom is 0.165 e. The van der Waals surface area contributed by atoms with Gasteiger partial charge in [-0.05, 0) is 66.6 Å². The van der Waals surface area contributed by atoms with Gasteiger partial charge in [0, 0.05) is 17.9 Å². The molecule has 0 spiro atoms. The van der Waals surface area contributed by atoms with Gasteiger partial charge in [-0.2, -0.15) is 0 Å². The van der Waals surface area contributed by atoms with Gasteiger partial charge in [0.1, 0.15) is 5.82 Å². The van der Waals surface area contributed by atoms with E-state index >= 15 is 0 Å². The molecule has 0 aliphatic carbocycles. The number of hydrogen-bond donors (Lipinski definition) is 0. The smallest absolute Gasteiger partial charge is 0.165 e. The second-order valence-corrected chi connectivity index (χ2v) is 8.84. The van der Waals surface area contributed by atoms with Crippen LogP contribution in [0.15, 0.2) is 73.3 Å². The number of benzene rings is 3. The molecule has 1 aliphatic heterocycles. The maximum atomic E-state index is 14.9. The van der Waals surface area contributed by atoms with E-state index in [-0.39, 0.29) is 12.0 Å². The molecule has 1 saturated heterocycles. The molecule has 5 heteroatoms. The summed E-state index contributed by atoms with van der Waals surface area (Å²) in [7, 11) is 0. The summed E-state index contributed by atoms with van der Waals surface area (Å²) in [5, 5.41) is 0. The fourth-order valence-corrected chi connectivity index (χ4v) is 4.29. The molecule has 0 unspecified atom stereocenters. The summed E-state index contributed by atoms with van der Waals surface area (Å²) in [6.07, 6.45) is 5.46. The first-order chi connectivity index (χ1) is 17.1. The topological polar surface area (TPSA) is 27.7 Å². The predicted octanol–water partition coefficient (Wildman–Crippen LogP) is 7.59. The third-order valence-corrected chi connectivity index (χ3v) is 6.28. The Morgan fingerprint density at radius 3 is 2.23 bits per heavy atom. The average Bonchev–Trinajstić information content (AvgIpc) is 2.88. The molecule has 0 N–H and O–H groups in total. The van der Waals surface area contributed by atoms with Gasteiger partial charge in [0.15, 0.2) is 17.9 Å². The molecule has 0 amide bonds. The van der Waals surface area contributed by atoms with E-state index in [2.05, 4.69) is 18.7 Å². The summed E-state index contributed by atoms with van der Waals surface area (Å²) in [6.45, 7) is 7.40. The van der Waals surface area contributed by atoms with Gasteiger partial charge >= 0.3 is 0 Å². The first-order valence-corrected chi connectivity index (χ1v) is 12.2. The van der Waals surface area contributed by atoms with Gasteiger partial charge in [-0.3, -0.25) is 0 Å². The Labute approximate surface area is 206 Å². The predicted molar refractivity (Wildman–Crippen MR) is 135 cm³/mol. The number of ether oxygens (including phenoxy) is 3. The first kappa shape index (κ1) is 25.1. The van der Waals surface area contributed by atoms with Crippen LogP contribution in [0, 0.1) is 17.6 Å². The van der Waals surface area contributed by atoms with Crippen molar-refractivity contribution in [3.8, 4) is 28.0 Å². The van der Waals surface area contributed by atoms with Crippen molar-refractivity contribution in [1.82, 2.24) is 0 Å². The summed E-state index contributed by atoms with van der Waals surface area (Å²) in [6, 6.07) is 17.6. The molecule has 3 aromatic carbocycles. The van der Waals surface area contributed by atoms with Gasteiger partial charge in [0.05, 0.1) is 19.8 Å². The second-order valence-electron chi connectivity index (χ2n) is 8.84. The molecule has 0 atom stereocenters. The molecular weight excluding hydrogens is 446 g/mol. The minimum absolute atomic E-state index is 0.163. The van der Waals surface area contributed by atoms with E-state index in [0.717, 1.165) is 50.0 Å². The van der Waals surface area contributed by atoms with Gasteiger partial charge in [0.2, 0.25) is 0 Å². The molecule has 0 saturated carbocycles. The van der Waals surface area contributed by atoms with Crippen LogP contribution in [0.2, 0.25) is 0 Å². The van der Waals surface area contributed by atoms with Crippen LogP contribution in [-0.4, -0.2) is 26.1 Å². The first-order valence-electron chi connectivity index (χ1n) is 12.2. The highest BCUT2D eigenvalue weighted by atomic mass is 19.1. The highest BCUT2D eigenvalue weighted by Gasteiger charge is 2.21. The van der Waals surface area contributed by atoms with Gasteiger partial charge in [-0.1, -0.05) is 48.5 Å². The van der Waals surface area contributed by atoms with Crippen LogP contribution < -0.4 is 4.74 Å². The fourth-order valence-electron chi connectivity index (χ4n) is 4.29. The van der Waals surface area contributed by atoms with E-state index in [1.54, 1.807) is 19.1 Å². The van der Waals surface area contributed by atoms with Crippen LogP contribution >= 0.6 is 0 Å². The van der Waals surface area contributed by atoms with Gasteiger partial charge in [0.25, 0.3) is 0 Å². The lowest BCUT2D eigenvalue weighted by Gasteiger charge is -2.29. The maximum absolute atomic E-state index is 14.9. The van der Waals surface area contributed by atoms with Gasteiger partial charge in [-0.15, -0.1) is 6.58 Å². The van der Waals surface area contributed by atoms with Crippen LogP contribution in [-0.2, 0) is 15.9 Å². The van der Waals surface area contributed by atoms with Crippen molar-refractivity contribution in [2.24, 2.45) is 5.92 Å². The Morgan fingerprint density at radius 1 is 0.886 bits per heavy atom. The van der Waals surface area contributed by atoms with Crippen molar-refractivity contribution in [3.63, 3.8) is 0 Å². The fraction of sp³-hybridized carbons (Fsp3) is 0.333. The Hall–Kier alpha value is -3.02. The monoisotopic (exact) mass is 478 g/mol. The Balaban J connectivity index is 1.35. The molecule has 1 fully saturated rings. The van der Waals surface area contributed by atoms with Crippen molar-refractivity contribution in [1.29, 1.82) is 0 Å². The number of hydrogen-bond acceptors (Lipinski definition) is 3. The molecule has 0 aromatic heterocycles. The van der Waals surface area contributed by atoms with E-state index < -0.39 is 11.6 Å². The largest absolute Gasteiger partial charge is 0.491 e. The van der Waals surface area contributed by atoms with Crippen LogP contribution in [0.5, 0.6) is 5.75 Å². The van der Waals surface area contributed by atoms with Crippen molar-refractivity contribution in [2.75, 3.05) is 19.8 Å². The van der Waals surface area contributed by atoms with Crippen LogP contribution in [0.3, 0.4) is 0 Å². The summed E-state index contributed by atoms with van der Waals surface area (Å²) in [5.74, 6) is -0.278. The van der Waals surface area contributed by atoms with Gasteiger partial charge in [-0.25, -0.2) is 8.78 Å². The molecule has 184 valence electrons. The lowest BCUT2D eigenvalue weighted by atomic mass is 9.98. The third-order valence-electron chi connectivity index (χ3n) is 6.28. The van der Waals surface area contributed by atoms with Crippen LogP contribution in [0.1, 0.15) is 31.7 Å². The zero-order valence-electron chi connectivity index (χ0n) is 20.1. The molecule has 0 radical (unpaired) electrons. The molecule has 1 heterocycles. The van der Waals surface area contributed by atoms with E-state index in [1.807, 2.05) is 24.3 Å². The second kappa shape index (κ2) is 12.1. The summed E-state index contributed by atoms with van der Waals surface area (Å²) in [5.41, 5.74) is 3.70. The lowest BCUT2D eigenvalue weighted by molar-refractivity contribution is -0.203. The lowest BCUT2D eigenvalue weighted by Crippen LogP contribution is -2.32. The van der Waals surface area contributed by atoms with Crippen LogP contribution in [0.25, 0.3) is 22.3 Å². The highest BCUT2D eigenvalue weighted by molar-refractivity contribution is 5.71. The van der Waals surface area contributed by atoms with E-state index in [9.17, 15) is 8.78 Å². The zero-order chi connectivity index (χ0) is 24.6. The van der Waals surface area contributed by atoms with Crippen molar-refractivity contribution < 1.29 is 23.0 Å². The summed E-state index contributed by atoms with van der Waals surface area (Å²) < 4.78 is 46.1. The molecule has 4 rings (SSSR count). The molecule has 0 bridgehead atoms. The van der Waals surface area contributed by atoms with E-state index in [0.29, 0.717) is 23.7 Å². The average molecular weight is 479 g/mol. The normalized spacial score (nSPS) is 17.8. The summed E-state index contributed by atoms with van der Waals surface area (Å²) >= 11 is 0.